The van der Waals surface area contributed by atoms with Gasteiger partial charge in [0.05, 0.1) is 11.7 Å². The van der Waals surface area contributed by atoms with Gasteiger partial charge in [-0.25, -0.2) is 4.39 Å². The molecule has 0 saturated heterocycles. The van der Waals surface area contributed by atoms with Crippen LogP contribution in [0.15, 0.2) is 55.1 Å². The number of amides is 2. The number of anilines is 1. The molecule has 2 unspecified atom stereocenters. The van der Waals surface area contributed by atoms with E-state index in [1.807, 2.05) is 26.0 Å². The molecule has 2 rings (SSSR count). The van der Waals surface area contributed by atoms with Gasteiger partial charge in [0.25, 0.3) is 0 Å². The highest BCUT2D eigenvalue weighted by Gasteiger charge is 2.34. The second-order valence-corrected chi connectivity index (χ2v) is 7.46. The minimum absolute atomic E-state index is 0. The first-order valence-electron chi connectivity index (χ1n) is 9.58. The van der Waals surface area contributed by atoms with Crippen molar-refractivity contribution in [3.05, 3.63) is 72.1 Å². The zero-order valence-electron chi connectivity index (χ0n) is 17.3. The summed E-state index contributed by atoms with van der Waals surface area (Å²) in [5, 5.41) is 0. The van der Waals surface area contributed by atoms with E-state index in [0.29, 0.717) is 17.7 Å². The molecule has 0 aliphatic heterocycles. The summed E-state index contributed by atoms with van der Waals surface area (Å²) in [4.78, 5) is 27.1. The van der Waals surface area contributed by atoms with Gasteiger partial charge in [-0.3, -0.25) is 14.5 Å². The number of carbonyl (C=O) groups excluding carboxylic acids is 2. The molecule has 5 nitrogen and oxygen atoms in total. The van der Waals surface area contributed by atoms with E-state index >= 15 is 0 Å². The van der Waals surface area contributed by atoms with Crippen LogP contribution in [-0.4, -0.2) is 23.9 Å². The number of rotatable bonds is 9. The van der Waals surface area contributed by atoms with Crippen LogP contribution in [0.25, 0.3) is 6.08 Å². The molecule has 0 heterocycles. The van der Waals surface area contributed by atoms with Crippen molar-refractivity contribution in [3.8, 4) is 0 Å². The number of hydrogen-bond acceptors (Lipinski definition) is 3. The summed E-state index contributed by atoms with van der Waals surface area (Å²) in [5.74, 6) is -1.25. The number of halogens is 2. The average Bonchev–Trinajstić information content (AvgIpc) is 2.69. The molecular formula is C23H29ClFN3O2. The Morgan fingerprint density at radius 2 is 1.73 bits per heavy atom. The van der Waals surface area contributed by atoms with Crippen LogP contribution in [0.5, 0.6) is 0 Å². The van der Waals surface area contributed by atoms with E-state index in [9.17, 15) is 14.0 Å². The zero-order chi connectivity index (χ0) is 21.6. The summed E-state index contributed by atoms with van der Waals surface area (Å²) in [6.45, 7) is 7.71. The lowest BCUT2D eigenvalue weighted by Crippen LogP contribution is -2.54. The summed E-state index contributed by atoms with van der Waals surface area (Å²) in [6, 6.07) is 11.2. The fourth-order valence-corrected chi connectivity index (χ4v) is 3.26. The molecule has 2 aromatic carbocycles. The smallest absolute Gasteiger partial charge is 0.245 e. The molecular weight excluding hydrogens is 405 g/mol. The Labute approximate surface area is 183 Å². The molecule has 2 atom stereocenters. The molecule has 0 bridgehead atoms. The molecule has 0 fully saturated rings. The molecule has 7 heteroatoms. The lowest BCUT2D eigenvalue weighted by molar-refractivity contribution is -0.125. The van der Waals surface area contributed by atoms with E-state index in [1.54, 1.807) is 30.3 Å². The van der Waals surface area contributed by atoms with Crippen molar-refractivity contribution >= 4 is 36.0 Å². The Bertz CT molecular complexity index is 871. The van der Waals surface area contributed by atoms with Gasteiger partial charge in [-0.05, 0) is 48.1 Å². The van der Waals surface area contributed by atoms with Crippen molar-refractivity contribution in [2.75, 3.05) is 4.90 Å². The average molecular weight is 434 g/mol. The maximum Gasteiger partial charge on any atom is 0.245 e. The Morgan fingerprint density at radius 3 is 2.27 bits per heavy atom. The second-order valence-electron chi connectivity index (χ2n) is 7.46. The van der Waals surface area contributed by atoms with E-state index in [1.165, 1.54) is 17.0 Å². The Kier molecular flexibility index (Phi) is 9.69. The predicted octanol–water partition coefficient (Wildman–Crippen LogP) is 3.69. The Hall–Kier alpha value is -2.70. The van der Waals surface area contributed by atoms with Gasteiger partial charge in [-0.2, -0.15) is 0 Å². The van der Waals surface area contributed by atoms with Gasteiger partial charge in [0.1, 0.15) is 11.9 Å². The number of hydrogen-bond donors (Lipinski definition) is 2. The van der Waals surface area contributed by atoms with Crippen molar-refractivity contribution < 1.29 is 14.0 Å². The lowest BCUT2D eigenvalue weighted by Gasteiger charge is -2.34. The summed E-state index contributed by atoms with van der Waals surface area (Å²) in [5.41, 5.74) is 13.9. The van der Waals surface area contributed by atoms with E-state index < -0.39 is 23.9 Å². The van der Waals surface area contributed by atoms with E-state index in [0.717, 1.165) is 5.56 Å². The number of nitrogens with two attached hydrogens (primary N) is 2. The third-order valence-electron chi connectivity index (χ3n) is 4.67. The standard InChI is InChI=1S/C23H28FN3O2.ClH/c1-4-17-7-5-6-8-20(17)27(21(22(26)28)13-15(2)3)23(29)19(25)14-16-9-11-18(24)12-10-16;/h4-12,15,19,21H,1,13-14,25H2,2-3H3,(H2,26,28);1H. The Balaban J connectivity index is 0.00000450. The van der Waals surface area contributed by atoms with Crippen molar-refractivity contribution in [2.24, 2.45) is 17.4 Å². The van der Waals surface area contributed by atoms with Crippen molar-refractivity contribution in [1.29, 1.82) is 0 Å². The van der Waals surface area contributed by atoms with Crippen LogP contribution in [0.2, 0.25) is 0 Å². The van der Waals surface area contributed by atoms with Crippen LogP contribution < -0.4 is 16.4 Å². The molecule has 0 aliphatic carbocycles. The molecule has 2 amide bonds. The van der Waals surface area contributed by atoms with Crippen LogP contribution in [-0.2, 0) is 16.0 Å². The molecule has 0 aromatic heterocycles. The molecule has 0 spiro atoms. The quantitative estimate of drug-likeness (QED) is 0.631. The molecule has 4 N–H and O–H groups in total. The van der Waals surface area contributed by atoms with Crippen molar-refractivity contribution in [3.63, 3.8) is 0 Å². The molecule has 0 saturated carbocycles. The van der Waals surface area contributed by atoms with Crippen LogP contribution in [0.3, 0.4) is 0 Å². The number of para-hydroxylation sites is 1. The highest BCUT2D eigenvalue weighted by atomic mass is 35.5. The predicted molar refractivity (Wildman–Crippen MR) is 122 cm³/mol. The van der Waals surface area contributed by atoms with Crippen molar-refractivity contribution in [2.45, 2.75) is 38.8 Å². The molecule has 0 aliphatic rings. The molecule has 162 valence electrons. The number of primary amides is 1. The molecule has 0 radical (unpaired) electrons. The topological polar surface area (TPSA) is 89.4 Å². The Morgan fingerprint density at radius 1 is 1.13 bits per heavy atom. The van der Waals surface area contributed by atoms with Gasteiger partial charge in [0.2, 0.25) is 11.8 Å². The molecule has 30 heavy (non-hydrogen) atoms. The summed E-state index contributed by atoms with van der Waals surface area (Å²) >= 11 is 0. The van der Waals surface area contributed by atoms with Crippen LogP contribution in [0.4, 0.5) is 10.1 Å². The second kappa shape index (κ2) is 11.5. The maximum absolute atomic E-state index is 13.4. The SMILES string of the molecule is C=Cc1ccccc1N(C(=O)C(N)Cc1ccc(F)cc1)C(CC(C)C)C(N)=O.Cl. The summed E-state index contributed by atoms with van der Waals surface area (Å²) < 4.78 is 13.2. The fourth-order valence-electron chi connectivity index (χ4n) is 3.26. The monoisotopic (exact) mass is 433 g/mol. The number of nitrogens with zero attached hydrogens (tertiary/aromatic N) is 1. The first kappa shape index (κ1) is 25.3. The largest absolute Gasteiger partial charge is 0.368 e. The van der Waals surface area contributed by atoms with Gasteiger partial charge >= 0.3 is 0 Å². The zero-order valence-corrected chi connectivity index (χ0v) is 18.1. The number of benzene rings is 2. The minimum atomic E-state index is -0.924. The van der Waals surface area contributed by atoms with E-state index in [2.05, 4.69) is 6.58 Å². The third-order valence-corrected chi connectivity index (χ3v) is 4.67. The van der Waals surface area contributed by atoms with Crippen LogP contribution >= 0.6 is 12.4 Å². The lowest BCUT2D eigenvalue weighted by atomic mass is 9.97. The normalized spacial score (nSPS) is 12.6. The first-order chi connectivity index (χ1) is 13.7. The van der Waals surface area contributed by atoms with Gasteiger partial charge in [0, 0.05) is 0 Å². The number of carbonyl (C=O) groups is 2. The first-order valence-corrected chi connectivity index (χ1v) is 9.58. The van der Waals surface area contributed by atoms with Gasteiger partial charge in [-0.15, -0.1) is 12.4 Å². The van der Waals surface area contributed by atoms with E-state index in [-0.39, 0.29) is 30.6 Å². The highest BCUT2D eigenvalue weighted by Crippen LogP contribution is 2.27. The maximum atomic E-state index is 13.4. The highest BCUT2D eigenvalue weighted by molar-refractivity contribution is 6.04. The summed E-state index contributed by atoms with van der Waals surface area (Å²) in [6.07, 6.45) is 2.23. The fraction of sp³-hybridized carbons (Fsp3) is 0.304. The van der Waals surface area contributed by atoms with Gasteiger partial charge in [-0.1, -0.05) is 56.8 Å². The van der Waals surface area contributed by atoms with Gasteiger partial charge in [0.15, 0.2) is 0 Å². The molecule has 2 aromatic rings. The third kappa shape index (κ3) is 6.40. The van der Waals surface area contributed by atoms with Crippen molar-refractivity contribution in [1.82, 2.24) is 0 Å². The van der Waals surface area contributed by atoms with Crippen LogP contribution in [0.1, 0.15) is 31.4 Å². The minimum Gasteiger partial charge on any atom is -0.368 e. The van der Waals surface area contributed by atoms with Crippen LogP contribution in [0, 0.1) is 11.7 Å². The summed E-state index contributed by atoms with van der Waals surface area (Å²) in [7, 11) is 0. The van der Waals surface area contributed by atoms with Gasteiger partial charge < -0.3 is 11.5 Å². The van der Waals surface area contributed by atoms with E-state index in [4.69, 9.17) is 11.5 Å².